The van der Waals surface area contributed by atoms with Crippen molar-refractivity contribution in [1.29, 1.82) is 0 Å². The van der Waals surface area contributed by atoms with Crippen LogP contribution in [0, 0.1) is 0 Å². The molecule has 0 aliphatic heterocycles. The number of nitrogens with zero attached hydrogens (tertiary/aromatic N) is 1. The van der Waals surface area contributed by atoms with Gasteiger partial charge in [0.2, 0.25) is 5.91 Å². The van der Waals surface area contributed by atoms with E-state index in [0.29, 0.717) is 31.2 Å². The molecule has 0 fully saturated rings. The standard InChI is InChI=1S/C23H27ClN2O4/c1-26(24)21(27)14-7-3-6-9-17-12-8-13-19(15-17)22(28)25-20(23(29)30)16-18-10-4-2-5-11-18/h2,4-6,8-13,15,20,23,29-30H,3,7,14,16H2,1H3,(H,25,28)/b9-6-/t20-/m1/s1. The molecule has 0 aliphatic carbocycles. The molecule has 0 bridgehead atoms. The number of unbranched alkanes of at least 4 members (excludes halogenated alkanes) is 1. The number of aliphatic hydroxyl groups excluding tert-OH is 1. The van der Waals surface area contributed by atoms with Gasteiger partial charge in [0.1, 0.15) is 0 Å². The van der Waals surface area contributed by atoms with Gasteiger partial charge < -0.3 is 15.5 Å². The predicted octanol–water partition coefficient (Wildman–Crippen LogP) is 3.13. The first kappa shape index (κ1) is 23.6. The molecular weight excluding hydrogens is 404 g/mol. The molecule has 0 aliphatic rings. The molecule has 2 aromatic rings. The number of halogens is 1. The number of hydrogen-bond acceptors (Lipinski definition) is 4. The summed E-state index contributed by atoms with van der Waals surface area (Å²) in [4.78, 5) is 24.0. The lowest BCUT2D eigenvalue weighted by Crippen LogP contribution is -2.44. The molecule has 7 heteroatoms. The maximum Gasteiger partial charge on any atom is 0.251 e. The van der Waals surface area contributed by atoms with Crippen molar-refractivity contribution in [3.05, 3.63) is 77.4 Å². The van der Waals surface area contributed by atoms with E-state index in [1.807, 2.05) is 48.6 Å². The molecule has 0 heterocycles. The normalized spacial score (nSPS) is 12.2. The Morgan fingerprint density at radius 3 is 2.53 bits per heavy atom. The highest BCUT2D eigenvalue weighted by Crippen LogP contribution is 2.11. The van der Waals surface area contributed by atoms with Crippen LogP contribution in [0.25, 0.3) is 6.08 Å². The summed E-state index contributed by atoms with van der Waals surface area (Å²) >= 11 is 5.58. The van der Waals surface area contributed by atoms with Crippen molar-refractivity contribution in [2.45, 2.75) is 38.0 Å². The molecule has 3 N–H and O–H groups in total. The highest BCUT2D eigenvalue weighted by Gasteiger charge is 2.20. The minimum atomic E-state index is -1.67. The number of allylic oxidation sites excluding steroid dienone is 1. The topological polar surface area (TPSA) is 89.9 Å². The van der Waals surface area contributed by atoms with Crippen LogP contribution in [0.3, 0.4) is 0 Å². The largest absolute Gasteiger partial charge is 0.366 e. The zero-order valence-electron chi connectivity index (χ0n) is 16.9. The lowest BCUT2D eigenvalue weighted by molar-refractivity contribution is -0.125. The van der Waals surface area contributed by atoms with Gasteiger partial charge in [-0.1, -0.05) is 54.6 Å². The molecule has 1 atom stereocenters. The van der Waals surface area contributed by atoms with Crippen LogP contribution in [0.4, 0.5) is 0 Å². The molecule has 0 aromatic heterocycles. The van der Waals surface area contributed by atoms with Gasteiger partial charge in [0.25, 0.3) is 5.91 Å². The van der Waals surface area contributed by atoms with Crippen molar-refractivity contribution in [3.8, 4) is 0 Å². The molecule has 0 spiro atoms. The van der Waals surface area contributed by atoms with E-state index in [1.165, 1.54) is 7.05 Å². The van der Waals surface area contributed by atoms with Gasteiger partial charge in [0.15, 0.2) is 6.29 Å². The van der Waals surface area contributed by atoms with E-state index >= 15 is 0 Å². The minimum Gasteiger partial charge on any atom is -0.366 e. The van der Waals surface area contributed by atoms with Gasteiger partial charge in [-0.05, 0) is 42.5 Å². The highest BCUT2D eigenvalue weighted by atomic mass is 35.5. The summed E-state index contributed by atoms with van der Waals surface area (Å²) in [5.41, 5.74) is 2.16. The summed E-state index contributed by atoms with van der Waals surface area (Å²) in [6.45, 7) is 0. The minimum absolute atomic E-state index is 0.125. The number of carbonyl (C=O) groups excluding carboxylic acids is 2. The number of amides is 2. The number of nitrogens with one attached hydrogen (secondary N) is 1. The third kappa shape index (κ3) is 7.99. The Balaban J connectivity index is 1.94. The van der Waals surface area contributed by atoms with E-state index < -0.39 is 12.3 Å². The third-order valence-electron chi connectivity index (χ3n) is 4.54. The fourth-order valence-electron chi connectivity index (χ4n) is 2.88. The number of hydrogen-bond donors (Lipinski definition) is 3. The van der Waals surface area contributed by atoms with Gasteiger partial charge in [-0.15, -0.1) is 0 Å². The van der Waals surface area contributed by atoms with Crippen molar-refractivity contribution < 1.29 is 19.8 Å². The SMILES string of the molecule is CN(Cl)C(=O)CCC/C=C\c1cccc(C(=O)N[C@H](Cc2ccccc2)C(O)O)c1. The molecule has 6 nitrogen and oxygen atoms in total. The summed E-state index contributed by atoms with van der Waals surface area (Å²) < 4.78 is 1.06. The van der Waals surface area contributed by atoms with Gasteiger partial charge in [-0.25, -0.2) is 0 Å². The molecule has 2 aromatic carbocycles. The molecule has 0 unspecified atom stereocenters. The van der Waals surface area contributed by atoms with E-state index in [9.17, 15) is 19.8 Å². The Hall–Kier alpha value is -2.67. The van der Waals surface area contributed by atoms with Crippen molar-refractivity contribution >= 4 is 29.7 Å². The Morgan fingerprint density at radius 2 is 1.87 bits per heavy atom. The second-order valence-corrected chi connectivity index (χ2v) is 7.48. The van der Waals surface area contributed by atoms with E-state index in [0.717, 1.165) is 15.5 Å². The van der Waals surface area contributed by atoms with E-state index in [-0.39, 0.29) is 11.8 Å². The lowest BCUT2D eigenvalue weighted by atomic mass is 10.0. The number of benzene rings is 2. The fourth-order valence-corrected chi connectivity index (χ4v) is 2.96. The molecule has 2 amide bonds. The van der Waals surface area contributed by atoms with Gasteiger partial charge in [-0.3, -0.25) is 14.0 Å². The third-order valence-corrected chi connectivity index (χ3v) is 4.73. The summed E-state index contributed by atoms with van der Waals surface area (Å²) in [6, 6.07) is 15.5. The lowest BCUT2D eigenvalue weighted by Gasteiger charge is -2.20. The number of carbonyl (C=O) groups is 2. The average molecular weight is 431 g/mol. The van der Waals surface area contributed by atoms with E-state index in [4.69, 9.17) is 11.8 Å². The number of aliphatic hydroxyl groups is 2. The Morgan fingerprint density at radius 1 is 1.13 bits per heavy atom. The van der Waals surface area contributed by atoms with Crippen LogP contribution in [-0.4, -0.2) is 45.8 Å². The van der Waals surface area contributed by atoms with Gasteiger partial charge in [0.05, 0.1) is 6.04 Å². The molecule has 2 rings (SSSR count). The first-order valence-corrected chi connectivity index (χ1v) is 10.1. The quantitative estimate of drug-likeness (QED) is 0.307. The summed E-state index contributed by atoms with van der Waals surface area (Å²) in [7, 11) is 1.51. The smallest absolute Gasteiger partial charge is 0.251 e. The predicted molar refractivity (Wildman–Crippen MR) is 118 cm³/mol. The van der Waals surface area contributed by atoms with Crippen LogP contribution < -0.4 is 5.32 Å². The zero-order chi connectivity index (χ0) is 21.9. The first-order chi connectivity index (χ1) is 14.4. The average Bonchev–Trinajstić information content (AvgIpc) is 2.73. The van der Waals surface area contributed by atoms with Crippen molar-refractivity contribution in [2.75, 3.05) is 7.05 Å². The van der Waals surface area contributed by atoms with Gasteiger partial charge in [0, 0.05) is 30.8 Å². The Bertz CT molecular complexity index is 853. The van der Waals surface area contributed by atoms with Crippen LogP contribution in [0.2, 0.25) is 0 Å². The van der Waals surface area contributed by atoms with Crippen molar-refractivity contribution in [2.24, 2.45) is 0 Å². The van der Waals surface area contributed by atoms with Crippen molar-refractivity contribution in [3.63, 3.8) is 0 Å². The molecular formula is C23H27ClN2O4. The van der Waals surface area contributed by atoms with E-state index in [1.54, 1.807) is 18.2 Å². The van der Waals surface area contributed by atoms with Crippen LogP contribution in [0.15, 0.2) is 60.7 Å². The second-order valence-electron chi connectivity index (χ2n) is 6.97. The van der Waals surface area contributed by atoms with Crippen molar-refractivity contribution in [1.82, 2.24) is 9.74 Å². The summed E-state index contributed by atoms with van der Waals surface area (Å²) in [6.07, 6.45) is 4.22. The molecule has 160 valence electrons. The monoisotopic (exact) mass is 430 g/mol. The maximum atomic E-state index is 12.6. The van der Waals surface area contributed by atoms with E-state index in [2.05, 4.69) is 5.32 Å². The van der Waals surface area contributed by atoms with Gasteiger partial charge >= 0.3 is 0 Å². The summed E-state index contributed by atoms with van der Waals surface area (Å²) in [5, 5.41) is 22.0. The number of rotatable bonds is 10. The molecule has 0 radical (unpaired) electrons. The zero-order valence-corrected chi connectivity index (χ0v) is 17.6. The fraction of sp³-hybridized carbons (Fsp3) is 0.304. The maximum absolute atomic E-state index is 12.6. The second kappa shape index (κ2) is 12.1. The first-order valence-electron chi connectivity index (χ1n) is 9.76. The Kier molecular flexibility index (Phi) is 9.54. The summed E-state index contributed by atoms with van der Waals surface area (Å²) in [5.74, 6) is -0.505. The van der Waals surface area contributed by atoms with Crippen LogP contribution in [0.1, 0.15) is 40.7 Å². The highest BCUT2D eigenvalue weighted by molar-refractivity contribution is 6.20. The van der Waals surface area contributed by atoms with Crippen LogP contribution >= 0.6 is 11.8 Å². The molecule has 0 saturated carbocycles. The molecule has 0 saturated heterocycles. The van der Waals surface area contributed by atoms with Crippen LogP contribution in [0.5, 0.6) is 0 Å². The van der Waals surface area contributed by atoms with Crippen LogP contribution in [-0.2, 0) is 11.2 Å². The van der Waals surface area contributed by atoms with Gasteiger partial charge in [-0.2, -0.15) is 0 Å². The Labute approximate surface area is 181 Å². The molecule has 30 heavy (non-hydrogen) atoms.